The van der Waals surface area contributed by atoms with E-state index >= 15 is 0 Å². The lowest BCUT2D eigenvalue weighted by atomic mass is 9.98. The van der Waals surface area contributed by atoms with Crippen molar-refractivity contribution in [2.75, 3.05) is 0 Å². The van der Waals surface area contributed by atoms with Crippen molar-refractivity contribution in [3.05, 3.63) is 35.9 Å². The van der Waals surface area contributed by atoms with E-state index in [0.717, 1.165) is 5.56 Å². The highest BCUT2D eigenvalue weighted by molar-refractivity contribution is 6.69. The van der Waals surface area contributed by atoms with E-state index in [2.05, 4.69) is 25.7 Å². The highest BCUT2D eigenvalue weighted by Crippen LogP contribution is 2.28. The molecule has 15 heavy (non-hydrogen) atoms. The minimum absolute atomic E-state index is 0.814. The average molecular weight is 219 g/mol. The van der Waals surface area contributed by atoms with Gasteiger partial charge in [0.25, 0.3) is 0 Å². The minimum atomic E-state index is -1.72. The molecule has 0 saturated heterocycles. The molecule has 0 aromatic heterocycles. The maximum atomic E-state index is 9.25. The molecule has 0 heterocycles. The summed E-state index contributed by atoms with van der Waals surface area (Å²) in [6.07, 6.45) is 0. The van der Waals surface area contributed by atoms with Gasteiger partial charge in [-0.3, -0.25) is 0 Å². The Labute approximate surface area is 92.6 Å². The summed E-state index contributed by atoms with van der Waals surface area (Å²) in [6, 6.07) is 11.9. The van der Waals surface area contributed by atoms with Gasteiger partial charge in [0.2, 0.25) is 0 Å². The van der Waals surface area contributed by atoms with Gasteiger partial charge in [0.1, 0.15) is 6.07 Å². The average Bonchev–Trinajstić information content (AvgIpc) is 2.16. The zero-order chi connectivity index (χ0) is 11.5. The number of hydrogen-bond donors (Lipinski definition) is 0. The molecule has 0 spiro atoms. The topological polar surface area (TPSA) is 33.0 Å². The van der Waals surface area contributed by atoms with Crippen LogP contribution in [0, 0.1) is 11.3 Å². The van der Waals surface area contributed by atoms with E-state index in [0.29, 0.717) is 0 Å². The first-order valence-corrected chi connectivity index (χ1v) is 8.45. The lowest BCUT2D eigenvalue weighted by Gasteiger charge is -2.30. The summed E-state index contributed by atoms with van der Waals surface area (Å²) >= 11 is 0. The molecule has 0 aliphatic carbocycles. The van der Waals surface area contributed by atoms with Gasteiger partial charge in [0, 0.05) is 0 Å². The molecule has 0 unspecified atom stereocenters. The van der Waals surface area contributed by atoms with Crippen molar-refractivity contribution in [2.24, 2.45) is 0 Å². The zero-order valence-electron chi connectivity index (χ0n) is 9.74. The van der Waals surface area contributed by atoms with Crippen LogP contribution in [0.2, 0.25) is 19.6 Å². The third-order valence-corrected chi connectivity index (χ3v) is 3.07. The van der Waals surface area contributed by atoms with Crippen LogP contribution in [-0.2, 0) is 10.0 Å². The maximum absolute atomic E-state index is 9.25. The molecular weight excluding hydrogens is 202 g/mol. The van der Waals surface area contributed by atoms with Crippen molar-refractivity contribution in [2.45, 2.75) is 32.2 Å². The molecule has 0 amide bonds. The predicted molar refractivity (Wildman–Crippen MR) is 63.8 cm³/mol. The Morgan fingerprint density at radius 3 is 2.13 bits per heavy atom. The highest BCUT2D eigenvalue weighted by atomic mass is 28.4. The number of nitrogens with zero attached hydrogens (tertiary/aromatic N) is 1. The molecule has 80 valence electrons. The molecular formula is C12H17NOSi. The molecule has 1 rings (SSSR count). The van der Waals surface area contributed by atoms with Gasteiger partial charge < -0.3 is 4.43 Å². The Morgan fingerprint density at radius 2 is 1.73 bits per heavy atom. The number of benzene rings is 1. The summed E-state index contributed by atoms with van der Waals surface area (Å²) in [4.78, 5) is 0. The fraction of sp³-hybridized carbons (Fsp3) is 0.417. The SMILES string of the molecule is C[C@](C#N)(O[Si](C)(C)C)c1ccccc1. The molecule has 3 heteroatoms. The molecule has 2 nitrogen and oxygen atoms in total. The lowest BCUT2D eigenvalue weighted by molar-refractivity contribution is 0.141. The maximum Gasteiger partial charge on any atom is 0.186 e. The van der Waals surface area contributed by atoms with Crippen LogP contribution in [-0.4, -0.2) is 8.32 Å². The lowest BCUT2D eigenvalue weighted by Crippen LogP contribution is -2.37. The molecule has 0 fully saturated rings. The van der Waals surface area contributed by atoms with E-state index in [4.69, 9.17) is 4.43 Å². The molecule has 1 aromatic rings. The molecule has 0 saturated carbocycles. The first kappa shape index (κ1) is 12.0. The molecule has 0 aliphatic heterocycles. The van der Waals surface area contributed by atoms with Crippen molar-refractivity contribution in [3.8, 4) is 6.07 Å². The van der Waals surface area contributed by atoms with E-state index in [1.165, 1.54) is 0 Å². The van der Waals surface area contributed by atoms with Crippen LogP contribution in [0.15, 0.2) is 30.3 Å². The fourth-order valence-electron chi connectivity index (χ4n) is 1.51. The number of nitriles is 1. The predicted octanol–water partition coefficient (Wildman–Crippen LogP) is 3.28. The molecule has 0 bridgehead atoms. The van der Waals surface area contributed by atoms with Crippen LogP contribution in [0.25, 0.3) is 0 Å². The second kappa shape index (κ2) is 4.17. The second-order valence-corrected chi connectivity index (χ2v) is 9.15. The Hall–Kier alpha value is -1.11. The van der Waals surface area contributed by atoms with Crippen LogP contribution in [0.5, 0.6) is 0 Å². The largest absolute Gasteiger partial charge is 0.397 e. The first-order chi connectivity index (χ1) is 6.87. The summed E-state index contributed by atoms with van der Waals surface area (Å²) < 4.78 is 5.94. The zero-order valence-corrected chi connectivity index (χ0v) is 10.7. The van der Waals surface area contributed by atoms with Crippen LogP contribution in [0.1, 0.15) is 12.5 Å². The normalized spacial score (nSPS) is 15.4. The van der Waals surface area contributed by atoms with Gasteiger partial charge in [-0.2, -0.15) is 5.26 Å². The summed E-state index contributed by atoms with van der Waals surface area (Å²) in [5.41, 5.74) is 0.112. The van der Waals surface area contributed by atoms with Gasteiger partial charge >= 0.3 is 0 Å². The van der Waals surface area contributed by atoms with Crippen molar-refractivity contribution < 1.29 is 4.43 Å². The molecule has 0 radical (unpaired) electrons. The molecule has 1 aromatic carbocycles. The summed E-state index contributed by atoms with van der Waals surface area (Å²) in [7, 11) is -1.72. The Bertz CT molecular complexity index is 363. The van der Waals surface area contributed by atoms with E-state index < -0.39 is 13.9 Å². The van der Waals surface area contributed by atoms with Crippen molar-refractivity contribution >= 4 is 8.32 Å². The second-order valence-electron chi connectivity index (χ2n) is 4.73. The molecule has 0 aliphatic rings. The van der Waals surface area contributed by atoms with E-state index in [1.807, 2.05) is 37.3 Å². The summed E-state index contributed by atoms with van der Waals surface area (Å²) in [6.45, 7) is 8.10. The third-order valence-electron chi connectivity index (χ3n) is 2.05. The van der Waals surface area contributed by atoms with E-state index in [1.54, 1.807) is 0 Å². The van der Waals surface area contributed by atoms with Crippen molar-refractivity contribution in [1.82, 2.24) is 0 Å². The van der Waals surface area contributed by atoms with Gasteiger partial charge in [0.05, 0.1) is 0 Å². The van der Waals surface area contributed by atoms with Crippen molar-refractivity contribution in [1.29, 1.82) is 5.26 Å². The number of hydrogen-bond acceptors (Lipinski definition) is 2. The van der Waals surface area contributed by atoms with Crippen LogP contribution in [0.4, 0.5) is 0 Å². The standard InChI is InChI=1S/C12H17NOSi/c1-12(10-13,14-15(2,3)4)11-8-6-5-7-9-11/h5-9H,1-4H3/t12-/m1/s1. The molecule has 0 N–H and O–H groups in total. The van der Waals surface area contributed by atoms with E-state index in [-0.39, 0.29) is 0 Å². The molecule has 1 atom stereocenters. The third kappa shape index (κ3) is 3.19. The summed E-state index contributed by atoms with van der Waals surface area (Å²) in [5.74, 6) is 0. The van der Waals surface area contributed by atoms with Crippen LogP contribution in [0.3, 0.4) is 0 Å². The Kier molecular flexibility index (Phi) is 3.33. The van der Waals surface area contributed by atoms with E-state index in [9.17, 15) is 5.26 Å². The first-order valence-electron chi connectivity index (χ1n) is 5.04. The van der Waals surface area contributed by atoms with Crippen molar-refractivity contribution in [3.63, 3.8) is 0 Å². The van der Waals surface area contributed by atoms with Gasteiger partial charge in [-0.05, 0) is 32.1 Å². The number of rotatable bonds is 3. The quantitative estimate of drug-likeness (QED) is 0.731. The Morgan fingerprint density at radius 1 is 1.20 bits per heavy atom. The summed E-state index contributed by atoms with van der Waals surface area (Å²) in [5, 5.41) is 9.25. The van der Waals surface area contributed by atoms with Gasteiger partial charge in [-0.1, -0.05) is 30.3 Å². The smallest absolute Gasteiger partial charge is 0.186 e. The van der Waals surface area contributed by atoms with Crippen LogP contribution >= 0.6 is 0 Å². The Balaban J connectivity index is 3.03. The van der Waals surface area contributed by atoms with Gasteiger partial charge in [-0.15, -0.1) is 0 Å². The fourth-order valence-corrected chi connectivity index (χ4v) is 2.90. The van der Waals surface area contributed by atoms with Gasteiger partial charge in [-0.25, -0.2) is 0 Å². The highest BCUT2D eigenvalue weighted by Gasteiger charge is 2.33. The minimum Gasteiger partial charge on any atom is -0.397 e. The van der Waals surface area contributed by atoms with Crippen LogP contribution < -0.4 is 0 Å². The van der Waals surface area contributed by atoms with Gasteiger partial charge in [0.15, 0.2) is 13.9 Å². The monoisotopic (exact) mass is 219 g/mol.